The fourth-order valence-corrected chi connectivity index (χ4v) is 1.85. The van der Waals surface area contributed by atoms with E-state index >= 15 is 0 Å². The molecule has 0 spiro atoms. The van der Waals surface area contributed by atoms with Crippen LogP contribution in [0.5, 0.6) is 0 Å². The average Bonchev–Trinajstić information content (AvgIpc) is 2.46. The van der Waals surface area contributed by atoms with E-state index < -0.39 is 29.3 Å². The highest BCUT2D eigenvalue weighted by Crippen LogP contribution is 2.38. The van der Waals surface area contributed by atoms with Gasteiger partial charge in [0, 0.05) is 11.8 Å². The van der Waals surface area contributed by atoms with Gasteiger partial charge in [0.25, 0.3) is 0 Å². The molecule has 0 radical (unpaired) electrons. The second-order valence-electron chi connectivity index (χ2n) is 4.45. The third kappa shape index (κ3) is 3.79. The van der Waals surface area contributed by atoms with Crippen LogP contribution in [-0.2, 0) is 12.4 Å². The Morgan fingerprint density at radius 3 is 2.00 bits per heavy atom. The molecule has 2 N–H and O–H groups in total. The van der Waals surface area contributed by atoms with E-state index in [1.807, 2.05) is 0 Å². The number of benzene rings is 1. The lowest BCUT2D eigenvalue weighted by atomic mass is 10.0. The first-order valence-electron chi connectivity index (χ1n) is 6.12. The maximum absolute atomic E-state index is 13.0. The first kappa shape index (κ1) is 16.8. The summed E-state index contributed by atoms with van der Waals surface area (Å²) in [5, 5.41) is 0. The van der Waals surface area contributed by atoms with Gasteiger partial charge in [-0.1, -0.05) is 12.1 Å². The quantitative estimate of drug-likeness (QED) is 0.503. The van der Waals surface area contributed by atoms with Crippen LogP contribution < -0.4 is 5.73 Å². The monoisotopic (exact) mass is 333 g/mol. The van der Waals surface area contributed by atoms with Gasteiger partial charge in [-0.15, -0.1) is 0 Å². The Kier molecular flexibility index (Phi) is 4.31. The molecular formula is C14H9F6N3. The van der Waals surface area contributed by atoms with Crippen LogP contribution >= 0.6 is 0 Å². The van der Waals surface area contributed by atoms with Crippen molar-refractivity contribution in [1.29, 1.82) is 0 Å². The van der Waals surface area contributed by atoms with E-state index in [0.717, 1.165) is 36.5 Å². The van der Waals surface area contributed by atoms with Crippen molar-refractivity contribution in [3.63, 3.8) is 0 Å². The molecule has 0 saturated heterocycles. The first-order valence-corrected chi connectivity index (χ1v) is 6.12. The third-order valence-corrected chi connectivity index (χ3v) is 2.91. The molecule has 2 aromatic rings. The van der Waals surface area contributed by atoms with Crippen molar-refractivity contribution in [1.82, 2.24) is 4.98 Å². The van der Waals surface area contributed by atoms with Crippen molar-refractivity contribution >= 4 is 12.2 Å². The summed E-state index contributed by atoms with van der Waals surface area (Å²) in [5.74, 6) is -0.615. The number of rotatable bonds is 2. The second-order valence-corrected chi connectivity index (χ2v) is 4.45. The normalized spacial score (nSPS) is 12.8. The zero-order valence-corrected chi connectivity index (χ0v) is 11.3. The van der Waals surface area contributed by atoms with Crippen molar-refractivity contribution in [3.05, 3.63) is 47.7 Å². The maximum atomic E-state index is 13.0. The molecule has 1 aromatic carbocycles. The van der Waals surface area contributed by atoms with Gasteiger partial charge < -0.3 is 5.73 Å². The van der Waals surface area contributed by atoms with Gasteiger partial charge in [0.05, 0.1) is 11.9 Å². The molecule has 0 fully saturated rings. The molecule has 0 saturated carbocycles. The predicted octanol–water partition coefficient (Wildman–Crippen LogP) is 4.40. The Labute approximate surface area is 126 Å². The van der Waals surface area contributed by atoms with Crippen molar-refractivity contribution in [2.45, 2.75) is 12.4 Å². The highest BCUT2D eigenvalue weighted by atomic mass is 19.4. The minimum Gasteiger partial charge on any atom is -0.390 e. The minimum atomic E-state index is -4.73. The SMILES string of the molecule is NC=Nc1ncc(-c2ccc(C(F)(F)F)cc2)cc1C(F)(F)F. The molecule has 1 aromatic heterocycles. The number of hydrogen-bond donors (Lipinski definition) is 1. The molecule has 0 amide bonds. The number of hydrogen-bond acceptors (Lipinski definition) is 2. The molecule has 1 heterocycles. The number of halogens is 6. The summed E-state index contributed by atoms with van der Waals surface area (Å²) in [6.45, 7) is 0. The summed E-state index contributed by atoms with van der Waals surface area (Å²) in [7, 11) is 0. The molecule has 9 heteroatoms. The smallest absolute Gasteiger partial charge is 0.390 e. The van der Waals surface area contributed by atoms with Gasteiger partial charge in [-0.3, -0.25) is 0 Å². The Balaban J connectivity index is 2.48. The van der Waals surface area contributed by atoms with E-state index in [9.17, 15) is 26.3 Å². The van der Waals surface area contributed by atoms with Crippen molar-refractivity contribution in [3.8, 4) is 11.1 Å². The Hall–Kier alpha value is -2.58. The number of aromatic nitrogens is 1. The number of nitrogens with zero attached hydrogens (tertiary/aromatic N) is 2. The van der Waals surface area contributed by atoms with E-state index in [1.165, 1.54) is 0 Å². The second kappa shape index (κ2) is 5.90. The lowest BCUT2D eigenvalue weighted by Gasteiger charge is -2.12. The highest BCUT2D eigenvalue weighted by molar-refractivity contribution is 5.67. The van der Waals surface area contributed by atoms with Crippen LogP contribution in [0.25, 0.3) is 11.1 Å². The van der Waals surface area contributed by atoms with Gasteiger partial charge >= 0.3 is 12.4 Å². The Morgan fingerprint density at radius 1 is 0.913 bits per heavy atom. The van der Waals surface area contributed by atoms with Gasteiger partial charge in [0.1, 0.15) is 5.56 Å². The van der Waals surface area contributed by atoms with Crippen molar-refractivity contribution in [2.24, 2.45) is 10.7 Å². The molecular weight excluding hydrogens is 324 g/mol. The molecule has 2 rings (SSSR count). The van der Waals surface area contributed by atoms with Gasteiger partial charge in [0.15, 0.2) is 5.82 Å². The molecule has 0 aliphatic heterocycles. The summed E-state index contributed by atoms with van der Waals surface area (Å²) in [6, 6.07) is 4.48. The molecule has 0 atom stereocenters. The topological polar surface area (TPSA) is 51.3 Å². The molecule has 0 aliphatic carbocycles. The predicted molar refractivity (Wildman–Crippen MR) is 72.0 cm³/mol. The fourth-order valence-electron chi connectivity index (χ4n) is 1.85. The Morgan fingerprint density at radius 2 is 1.52 bits per heavy atom. The molecule has 3 nitrogen and oxygen atoms in total. The van der Waals surface area contributed by atoms with E-state index in [-0.39, 0.29) is 11.1 Å². The summed E-state index contributed by atoms with van der Waals surface area (Å²) in [5.41, 5.74) is 3.13. The lowest BCUT2D eigenvalue weighted by molar-refractivity contribution is -0.138. The lowest BCUT2D eigenvalue weighted by Crippen LogP contribution is -2.07. The van der Waals surface area contributed by atoms with Gasteiger partial charge in [-0.25, -0.2) is 9.98 Å². The van der Waals surface area contributed by atoms with Crippen LogP contribution in [0, 0.1) is 0 Å². The van der Waals surface area contributed by atoms with Crippen LogP contribution in [0.1, 0.15) is 11.1 Å². The summed E-state index contributed by atoms with van der Waals surface area (Å²) < 4.78 is 76.4. The van der Waals surface area contributed by atoms with Gasteiger partial charge in [0.2, 0.25) is 0 Å². The van der Waals surface area contributed by atoms with Crippen molar-refractivity contribution < 1.29 is 26.3 Å². The van der Waals surface area contributed by atoms with Crippen LogP contribution in [-0.4, -0.2) is 11.3 Å². The molecule has 23 heavy (non-hydrogen) atoms. The molecule has 122 valence electrons. The standard InChI is InChI=1S/C14H9F6N3/c15-13(16,17)10-3-1-8(2-4-10)9-5-11(14(18,19)20)12(22-6-9)23-7-21/h1-7H,(H2,21,22,23). The summed E-state index contributed by atoms with van der Waals surface area (Å²) in [4.78, 5) is 6.89. The zero-order chi connectivity index (χ0) is 17.3. The van der Waals surface area contributed by atoms with E-state index in [4.69, 9.17) is 5.73 Å². The van der Waals surface area contributed by atoms with E-state index in [0.29, 0.717) is 6.34 Å². The third-order valence-electron chi connectivity index (χ3n) is 2.91. The van der Waals surface area contributed by atoms with E-state index in [2.05, 4.69) is 9.98 Å². The van der Waals surface area contributed by atoms with Crippen LogP contribution in [0.2, 0.25) is 0 Å². The number of aliphatic imine (C=N–C) groups is 1. The minimum absolute atomic E-state index is 0.0158. The fraction of sp³-hybridized carbons (Fsp3) is 0.143. The average molecular weight is 333 g/mol. The van der Waals surface area contributed by atoms with Gasteiger partial charge in [-0.2, -0.15) is 26.3 Å². The molecule has 0 aliphatic rings. The largest absolute Gasteiger partial charge is 0.420 e. The Bertz CT molecular complexity index is 717. The molecule has 0 bridgehead atoms. The number of pyridine rings is 1. The highest BCUT2D eigenvalue weighted by Gasteiger charge is 2.35. The maximum Gasteiger partial charge on any atom is 0.420 e. The van der Waals surface area contributed by atoms with Crippen LogP contribution in [0.15, 0.2) is 41.5 Å². The number of alkyl halides is 6. The summed E-state index contributed by atoms with van der Waals surface area (Å²) >= 11 is 0. The summed E-state index contributed by atoms with van der Waals surface area (Å²) in [6.07, 6.45) is -7.49. The zero-order valence-electron chi connectivity index (χ0n) is 11.3. The molecule has 0 unspecified atom stereocenters. The van der Waals surface area contributed by atoms with Crippen LogP contribution in [0.4, 0.5) is 32.2 Å². The van der Waals surface area contributed by atoms with E-state index in [1.54, 1.807) is 0 Å². The van der Waals surface area contributed by atoms with Crippen LogP contribution in [0.3, 0.4) is 0 Å². The first-order chi connectivity index (χ1) is 10.6. The van der Waals surface area contributed by atoms with Crippen molar-refractivity contribution in [2.75, 3.05) is 0 Å². The van der Waals surface area contributed by atoms with Gasteiger partial charge in [-0.05, 0) is 23.8 Å². The number of nitrogens with two attached hydrogens (primary N) is 1.